The molecule has 0 aliphatic carbocycles. The molecule has 3 heteroatoms. The number of unbranched alkanes of at least 4 members (excludes halogenated alkanes) is 9. The van der Waals surface area contributed by atoms with E-state index < -0.39 is 0 Å². The Bertz CT molecular complexity index is 190. The lowest BCUT2D eigenvalue weighted by Gasteiger charge is -2.32. The zero-order valence-corrected chi connectivity index (χ0v) is 14.9. The van der Waals surface area contributed by atoms with Gasteiger partial charge in [0.1, 0.15) is 0 Å². The number of aliphatic hydroxyl groups excluding tert-OH is 1. The molecule has 1 unspecified atom stereocenters. The molecule has 0 aromatic rings. The minimum Gasteiger partial charge on any atom is -1.00 e. The van der Waals surface area contributed by atoms with Gasteiger partial charge in [-0.3, -0.25) is 0 Å². The summed E-state index contributed by atoms with van der Waals surface area (Å²) >= 11 is 0. The zero-order chi connectivity index (χ0) is 14.4. The first-order valence-electron chi connectivity index (χ1n) is 8.63. The van der Waals surface area contributed by atoms with Crippen molar-refractivity contribution in [3.05, 3.63) is 0 Å². The van der Waals surface area contributed by atoms with Crippen LogP contribution in [0.25, 0.3) is 0 Å². The first-order chi connectivity index (χ1) is 9.18. The van der Waals surface area contributed by atoms with Crippen LogP contribution in [0.15, 0.2) is 0 Å². The molecule has 0 rings (SSSR count). The first kappa shape index (κ1) is 22.5. The average molecular weight is 308 g/mol. The molecule has 0 aliphatic heterocycles. The second-order valence-electron chi connectivity index (χ2n) is 6.39. The van der Waals surface area contributed by atoms with Crippen molar-refractivity contribution in [2.75, 3.05) is 26.9 Å². The molecule has 0 fully saturated rings. The maximum atomic E-state index is 9.60. The molecule has 0 aliphatic rings. The highest BCUT2D eigenvalue weighted by molar-refractivity contribution is 4.46. The lowest BCUT2D eigenvalue weighted by Crippen LogP contribution is -3.00. The van der Waals surface area contributed by atoms with Gasteiger partial charge in [-0.05, 0) is 25.7 Å². The summed E-state index contributed by atoms with van der Waals surface area (Å²) in [7, 11) is 2.21. The molecule has 0 aromatic carbocycles. The van der Waals surface area contributed by atoms with Crippen molar-refractivity contribution in [3.8, 4) is 0 Å². The molecule has 1 N–H and O–H groups in total. The summed E-state index contributed by atoms with van der Waals surface area (Å²) in [5.41, 5.74) is 0. The fraction of sp³-hybridized carbons (Fsp3) is 1.00. The predicted octanol–water partition coefficient (Wildman–Crippen LogP) is 1.72. The molecule has 0 spiro atoms. The van der Waals surface area contributed by atoms with Crippen molar-refractivity contribution in [2.24, 2.45) is 0 Å². The van der Waals surface area contributed by atoms with Gasteiger partial charge < -0.3 is 22.0 Å². The lowest BCUT2D eigenvalue weighted by molar-refractivity contribution is -0.927. The van der Waals surface area contributed by atoms with Gasteiger partial charge in [0.25, 0.3) is 0 Å². The summed E-state index contributed by atoms with van der Waals surface area (Å²) in [6.45, 7) is 7.12. The minimum absolute atomic E-state index is 0. The molecule has 0 bridgehead atoms. The summed E-state index contributed by atoms with van der Waals surface area (Å²) in [6.07, 6.45) is 14.7. The topological polar surface area (TPSA) is 20.2 Å². The van der Waals surface area contributed by atoms with Crippen LogP contribution in [0.4, 0.5) is 0 Å². The molecule has 0 saturated heterocycles. The second-order valence-corrected chi connectivity index (χ2v) is 6.39. The summed E-state index contributed by atoms with van der Waals surface area (Å²) in [6, 6.07) is 0. The quantitative estimate of drug-likeness (QED) is 0.294. The normalized spacial score (nSPS) is 13.8. The van der Waals surface area contributed by atoms with E-state index >= 15 is 0 Å². The summed E-state index contributed by atoms with van der Waals surface area (Å²) in [4.78, 5) is 0. The van der Waals surface area contributed by atoms with Crippen LogP contribution < -0.4 is 12.4 Å². The molecule has 124 valence electrons. The van der Waals surface area contributed by atoms with Gasteiger partial charge in [0, 0.05) is 0 Å². The van der Waals surface area contributed by atoms with Crippen molar-refractivity contribution in [1.29, 1.82) is 0 Å². The Morgan fingerprint density at radius 3 is 1.35 bits per heavy atom. The molecule has 20 heavy (non-hydrogen) atoms. The first-order valence-corrected chi connectivity index (χ1v) is 8.63. The number of quaternary nitrogens is 1. The Hall–Kier alpha value is 0.210. The fourth-order valence-electron chi connectivity index (χ4n) is 2.62. The zero-order valence-electron chi connectivity index (χ0n) is 14.2. The van der Waals surface area contributed by atoms with Gasteiger partial charge >= 0.3 is 0 Å². The van der Waals surface area contributed by atoms with Crippen molar-refractivity contribution >= 4 is 0 Å². The van der Waals surface area contributed by atoms with Gasteiger partial charge in [-0.25, -0.2) is 0 Å². The highest BCUT2D eigenvalue weighted by Gasteiger charge is 2.18. The SMILES string of the molecule is CCCCCCCC[N+](C)(CO)CCCCCCC.[Cl-]. The number of rotatable bonds is 14. The average Bonchev–Trinajstić information content (AvgIpc) is 2.42. The lowest BCUT2D eigenvalue weighted by atomic mass is 10.1. The summed E-state index contributed by atoms with van der Waals surface area (Å²) < 4.78 is 0.861. The van der Waals surface area contributed by atoms with Crippen molar-refractivity contribution < 1.29 is 22.0 Å². The summed E-state index contributed by atoms with van der Waals surface area (Å²) in [5, 5.41) is 9.60. The number of halogens is 1. The van der Waals surface area contributed by atoms with Gasteiger partial charge in [0.2, 0.25) is 0 Å². The summed E-state index contributed by atoms with van der Waals surface area (Å²) in [5.74, 6) is 0. The Morgan fingerprint density at radius 1 is 0.650 bits per heavy atom. The molecule has 0 amide bonds. The van der Waals surface area contributed by atoms with E-state index in [2.05, 4.69) is 20.9 Å². The van der Waals surface area contributed by atoms with Crippen LogP contribution in [0.3, 0.4) is 0 Å². The Morgan fingerprint density at radius 2 is 1.00 bits per heavy atom. The number of aliphatic hydroxyl groups is 1. The number of hydrogen-bond donors (Lipinski definition) is 1. The van der Waals surface area contributed by atoms with E-state index in [1.165, 1.54) is 70.6 Å². The van der Waals surface area contributed by atoms with Crippen LogP contribution in [0, 0.1) is 0 Å². The maximum Gasteiger partial charge on any atom is 0.180 e. The predicted molar refractivity (Wildman–Crippen MR) is 85.1 cm³/mol. The number of nitrogens with zero attached hydrogens (tertiary/aromatic N) is 1. The third-order valence-corrected chi connectivity index (χ3v) is 4.19. The highest BCUT2D eigenvalue weighted by Crippen LogP contribution is 2.12. The molecular formula is C17H38ClNO. The fourth-order valence-corrected chi connectivity index (χ4v) is 2.62. The van der Waals surface area contributed by atoms with Gasteiger partial charge in [-0.2, -0.15) is 0 Å². The van der Waals surface area contributed by atoms with Gasteiger partial charge in [0.15, 0.2) is 6.73 Å². The van der Waals surface area contributed by atoms with Crippen LogP contribution in [0.1, 0.15) is 84.5 Å². The minimum atomic E-state index is 0. The van der Waals surface area contributed by atoms with Crippen molar-refractivity contribution in [2.45, 2.75) is 84.5 Å². The van der Waals surface area contributed by atoms with Crippen LogP contribution in [0.5, 0.6) is 0 Å². The van der Waals surface area contributed by atoms with E-state index in [0.29, 0.717) is 6.73 Å². The van der Waals surface area contributed by atoms with Crippen LogP contribution >= 0.6 is 0 Å². The van der Waals surface area contributed by atoms with Gasteiger partial charge in [0.05, 0.1) is 20.1 Å². The van der Waals surface area contributed by atoms with E-state index in [4.69, 9.17) is 0 Å². The van der Waals surface area contributed by atoms with E-state index in [9.17, 15) is 5.11 Å². The van der Waals surface area contributed by atoms with E-state index in [1.807, 2.05) is 0 Å². The molecule has 1 atom stereocenters. The number of hydrogen-bond acceptors (Lipinski definition) is 1. The van der Waals surface area contributed by atoms with Gasteiger partial charge in [-0.15, -0.1) is 0 Å². The van der Waals surface area contributed by atoms with E-state index in [1.54, 1.807) is 0 Å². The van der Waals surface area contributed by atoms with Crippen LogP contribution in [0.2, 0.25) is 0 Å². The van der Waals surface area contributed by atoms with E-state index in [0.717, 1.165) is 17.6 Å². The van der Waals surface area contributed by atoms with Crippen molar-refractivity contribution in [1.82, 2.24) is 0 Å². The Balaban J connectivity index is 0. The molecular weight excluding hydrogens is 270 g/mol. The van der Waals surface area contributed by atoms with Gasteiger partial charge in [-0.1, -0.05) is 58.8 Å². The standard InChI is InChI=1S/C17H38NO.ClH/c1-4-6-8-10-12-14-16-18(3,17-19)15-13-11-9-7-5-2;/h19H,4-17H2,1-3H3;1H/q+1;/p-1. The third kappa shape index (κ3) is 13.2. The highest BCUT2D eigenvalue weighted by atomic mass is 35.5. The monoisotopic (exact) mass is 307 g/mol. The molecule has 2 nitrogen and oxygen atoms in total. The second kappa shape index (κ2) is 15.6. The molecule has 0 radical (unpaired) electrons. The van der Waals surface area contributed by atoms with Crippen LogP contribution in [-0.2, 0) is 0 Å². The third-order valence-electron chi connectivity index (χ3n) is 4.19. The maximum absolute atomic E-state index is 9.60. The smallest absolute Gasteiger partial charge is 0.180 e. The van der Waals surface area contributed by atoms with Crippen molar-refractivity contribution in [3.63, 3.8) is 0 Å². The Kier molecular flexibility index (Phi) is 17.5. The molecule has 0 aromatic heterocycles. The molecule has 0 saturated carbocycles. The Labute approximate surface area is 133 Å². The van der Waals surface area contributed by atoms with E-state index in [-0.39, 0.29) is 12.4 Å². The van der Waals surface area contributed by atoms with Crippen LogP contribution in [-0.4, -0.2) is 36.5 Å². The molecule has 0 heterocycles. The largest absolute Gasteiger partial charge is 1.00 e.